The van der Waals surface area contributed by atoms with Crippen molar-refractivity contribution in [3.8, 4) is 0 Å². The zero-order valence-corrected chi connectivity index (χ0v) is 13.7. The summed E-state index contributed by atoms with van der Waals surface area (Å²) >= 11 is 0. The van der Waals surface area contributed by atoms with Gasteiger partial charge >= 0.3 is 0 Å². The van der Waals surface area contributed by atoms with Crippen LogP contribution in [-0.4, -0.2) is 5.11 Å². The normalized spacial score (nSPS) is 14.1. The molecule has 1 aromatic carbocycles. The number of aliphatic hydroxyl groups excluding tert-OH is 1. The molecule has 1 N–H and O–H groups in total. The molecule has 0 fully saturated rings. The summed E-state index contributed by atoms with van der Waals surface area (Å²) in [6.45, 7) is 15.6. The molecule has 0 aliphatic carbocycles. The molecular weight excluding hydrogens is 244 g/mol. The number of rotatable bonds is 6. The lowest BCUT2D eigenvalue weighted by molar-refractivity contribution is 0.168. The summed E-state index contributed by atoms with van der Waals surface area (Å²) in [5.41, 5.74) is 2.66. The molecule has 0 aliphatic rings. The molecule has 0 bridgehead atoms. The van der Waals surface area contributed by atoms with Crippen molar-refractivity contribution in [2.24, 2.45) is 10.8 Å². The van der Waals surface area contributed by atoms with Crippen molar-refractivity contribution < 1.29 is 5.11 Å². The highest BCUT2D eigenvalue weighted by Crippen LogP contribution is 2.39. The SMILES string of the molecule is C=C(CC(O)c1ccccc1)CC(C)(C)CC(C)(C)C. The molecule has 0 radical (unpaired) electrons. The first-order chi connectivity index (χ1) is 9.09. The van der Waals surface area contributed by atoms with Crippen molar-refractivity contribution in [3.05, 3.63) is 48.0 Å². The van der Waals surface area contributed by atoms with Crippen molar-refractivity contribution in [3.63, 3.8) is 0 Å². The van der Waals surface area contributed by atoms with Crippen LogP contribution in [0.1, 0.15) is 65.5 Å². The second-order valence-electron chi connectivity index (χ2n) is 7.96. The van der Waals surface area contributed by atoms with E-state index in [9.17, 15) is 5.11 Å². The smallest absolute Gasteiger partial charge is 0.0827 e. The average Bonchev–Trinajstić information content (AvgIpc) is 2.25. The summed E-state index contributed by atoms with van der Waals surface area (Å²) in [5, 5.41) is 10.3. The van der Waals surface area contributed by atoms with Crippen molar-refractivity contribution in [2.75, 3.05) is 0 Å². The van der Waals surface area contributed by atoms with Crippen LogP contribution >= 0.6 is 0 Å². The molecule has 0 saturated heterocycles. The van der Waals surface area contributed by atoms with Gasteiger partial charge < -0.3 is 5.11 Å². The first kappa shape index (κ1) is 17.0. The predicted octanol–water partition coefficient (Wildman–Crippen LogP) is 5.52. The molecule has 0 heterocycles. The van der Waals surface area contributed by atoms with Gasteiger partial charge in [0, 0.05) is 0 Å². The molecule has 1 atom stereocenters. The summed E-state index contributed by atoms with van der Waals surface area (Å²) in [5.74, 6) is 0. The van der Waals surface area contributed by atoms with Gasteiger partial charge in [-0.25, -0.2) is 0 Å². The highest BCUT2D eigenvalue weighted by Gasteiger charge is 2.26. The van der Waals surface area contributed by atoms with Gasteiger partial charge in [-0.3, -0.25) is 0 Å². The van der Waals surface area contributed by atoms with E-state index in [1.807, 2.05) is 30.3 Å². The Balaban J connectivity index is 2.55. The van der Waals surface area contributed by atoms with Gasteiger partial charge in [0.25, 0.3) is 0 Å². The van der Waals surface area contributed by atoms with Crippen LogP contribution in [0.2, 0.25) is 0 Å². The Morgan fingerprint density at radius 3 is 2.15 bits per heavy atom. The summed E-state index contributed by atoms with van der Waals surface area (Å²) < 4.78 is 0. The van der Waals surface area contributed by atoms with Crippen LogP contribution < -0.4 is 0 Å². The topological polar surface area (TPSA) is 20.2 Å². The van der Waals surface area contributed by atoms with Crippen molar-refractivity contribution in [1.82, 2.24) is 0 Å². The van der Waals surface area contributed by atoms with Gasteiger partial charge in [-0.05, 0) is 35.7 Å². The second kappa shape index (κ2) is 6.58. The summed E-state index contributed by atoms with van der Waals surface area (Å²) in [4.78, 5) is 0. The number of hydrogen-bond donors (Lipinski definition) is 1. The fourth-order valence-corrected chi connectivity index (χ4v) is 3.31. The second-order valence-corrected chi connectivity index (χ2v) is 7.96. The maximum atomic E-state index is 10.3. The van der Waals surface area contributed by atoms with E-state index >= 15 is 0 Å². The molecule has 0 aromatic heterocycles. The van der Waals surface area contributed by atoms with E-state index in [1.165, 1.54) is 0 Å². The zero-order valence-electron chi connectivity index (χ0n) is 13.7. The molecule has 1 unspecified atom stereocenters. The standard InChI is InChI=1S/C19H30O/c1-15(13-19(5,6)14-18(2,3)4)12-17(20)16-10-8-7-9-11-16/h7-11,17,20H,1,12-14H2,2-6H3. The minimum Gasteiger partial charge on any atom is -0.388 e. The maximum Gasteiger partial charge on any atom is 0.0827 e. The lowest BCUT2D eigenvalue weighted by Crippen LogP contribution is -2.21. The third-order valence-electron chi connectivity index (χ3n) is 3.40. The molecule has 20 heavy (non-hydrogen) atoms. The Labute approximate surface area is 124 Å². The minimum atomic E-state index is -0.436. The van der Waals surface area contributed by atoms with Gasteiger partial charge in [0.15, 0.2) is 0 Å². The third kappa shape index (κ3) is 6.38. The monoisotopic (exact) mass is 274 g/mol. The minimum absolute atomic E-state index is 0.228. The fourth-order valence-electron chi connectivity index (χ4n) is 3.31. The van der Waals surface area contributed by atoms with Crippen LogP contribution in [0.4, 0.5) is 0 Å². The summed E-state index contributed by atoms with van der Waals surface area (Å²) in [6.07, 6.45) is 2.33. The Kier molecular flexibility index (Phi) is 5.59. The van der Waals surface area contributed by atoms with Crippen molar-refractivity contribution >= 4 is 0 Å². The van der Waals surface area contributed by atoms with E-state index in [2.05, 4.69) is 41.2 Å². The molecule has 0 spiro atoms. The van der Waals surface area contributed by atoms with Crippen LogP contribution in [0.3, 0.4) is 0 Å². The lowest BCUT2D eigenvalue weighted by Gasteiger charge is -2.33. The van der Waals surface area contributed by atoms with Crippen LogP contribution in [0.25, 0.3) is 0 Å². The molecule has 0 aliphatic heterocycles. The largest absolute Gasteiger partial charge is 0.388 e. The average molecular weight is 274 g/mol. The number of aliphatic hydroxyl groups is 1. The van der Waals surface area contributed by atoms with Crippen LogP contribution in [0.15, 0.2) is 42.5 Å². The Hall–Kier alpha value is -1.08. The van der Waals surface area contributed by atoms with Gasteiger partial charge in [-0.2, -0.15) is 0 Å². The Morgan fingerprint density at radius 1 is 1.10 bits per heavy atom. The van der Waals surface area contributed by atoms with Crippen molar-refractivity contribution in [1.29, 1.82) is 0 Å². The molecule has 1 heteroatoms. The van der Waals surface area contributed by atoms with Gasteiger partial charge in [0.05, 0.1) is 6.10 Å². The molecule has 1 aromatic rings. The van der Waals surface area contributed by atoms with E-state index in [0.717, 1.165) is 24.0 Å². The van der Waals surface area contributed by atoms with E-state index in [1.54, 1.807) is 0 Å². The van der Waals surface area contributed by atoms with Crippen molar-refractivity contribution in [2.45, 2.75) is 60.0 Å². The quantitative estimate of drug-likeness (QED) is 0.677. The molecule has 112 valence electrons. The van der Waals surface area contributed by atoms with E-state index < -0.39 is 6.10 Å². The van der Waals surface area contributed by atoms with Gasteiger partial charge in [-0.15, -0.1) is 0 Å². The number of hydrogen-bond acceptors (Lipinski definition) is 1. The summed E-state index contributed by atoms with van der Waals surface area (Å²) in [6, 6.07) is 9.84. The summed E-state index contributed by atoms with van der Waals surface area (Å²) in [7, 11) is 0. The lowest BCUT2D eigenvalue weighted by atomic mass is 9.72. The Morgan fingerprint density at radius 2 is 1.65 bits per heavy atom. The molecular formula is C19H30O. The highest BCUT2D eigenvalue weighted by molar-refractivity contribution is 5.19. The maximum absolute atomic E-state index is 10.3. The fraction of sp³-hybridized carbons (Fsp3) is 0.579. The van der Waals surface area contributed by atoms with E-state index in [4.69, 9.17) is 0 Å². The first-order valence-electron chi connectivity index (χ1n) is 7.49. The molecule has 0 saturated carbocycles. The van der Waals surface area contributed by atoms with Crippen LogP contribution in [-0.2, 0) is 0 Å². The van der Waals surface area contributed by atoms with Gasteiger partial charge in [0.1, 0.15) is 0 Å². The third-order valence-corrected chi connectivity index (χ3v) is 3.40. The Bertz CT molecular complexity index is 423. The molecule has 1 nitrogen and oxygen atoms in total. The van der Waals surface area contributed by atoms with Gasteiger partial charge in [-0.1, -0.05) is 77.1 Å². The predicted molar refractivity (Wildman–Crippen MR) is 87.6 cm³/mol. The van der Waals surface area contributed by atoms with E-state index in [0.29, 0.717) is 11.8 Å². The van der Waals surface area contributed by atoms with Gasteiger partial charge in [0.2, 0.25) is 0 Å². The van der Waals surface area contributed by atoms with E-state index in [-0.39, 0.29) is 5.41 Å². The number of benzene rings is 1. The zero-order chi connectivity index (χ0) is 15.4. The van der Waals surface area contributed by atoms with Crippen LogP contribution in [0.5, 0.6) is 0 Å². The highest BCUT2D eigenvalue weighted by atomic mass is 16.3. The first-order valence-corrected chi connectivity index (χ1v) is 7.49. The molecule has 1 rings (SSSR count). The molecule has 0 amide bonds. The van der Waals surface area contributed by atoms with Crippen LogP contribution in [0, 0.1) is 10.8 Å².